The van der Waals surface area contributed by atoms with Crippen LogP contribution in [0, 0.1) is 19.8 Å². The van der Waals surface area contributed by atoms with Gasteiger partial charge in [-0.15, -0.1) is 0 Å². The second kappa shape index (κ2) is 8.47. The van der Waals surface area contributed by atoms with E-state index < -0.39 is 11.0 Å². The third kappa shape index (κ3) is 3.21. The molecule has 1 spiro atoms. The Kier molecular flexibility index (Phi) is 5.67. The molecule has 4 aliphatic rings. The van der Waals surface area contributed by atoms with Crippen LogP contribution in [0.4, 0.5) is 0 Å². The Hall–Kier alpha value is -2.57. The number of aliphatic hydroxyl groups is 1. The van der Waals surface area contributed by atoms with Crippen LogP contribution in [0.2, 0.25) is 0 Å². The number of benzene rings is 2. The Morgan fingerprint density at radius 1 is 1.22 bits per heavy atom. The van der Waals surface area contributed by atoms with Gasteiger partial charge in [0.1, 0.15) is 6.10 Å². The number of piperidine rings is 1. The zero-order chi connectivity index (χ0) is 26.3. The molecule has 1 amide bonds. The molecule has 2 N–H and O–H groups in total. The van der Waals surface area contributed by atoms with Gasteiger partial charge in [-0.2, -0.15) is 0 Å². The minimum atomic E-state index is -0.967. The minimum Gasteiger partial charge on any atom is -0.504 e. The molecule has 6 heteroatoms. The van der Waals surface area contributed by atoms with Crippen LogP contribution in [0.1, 0.15) is 60.4 Å². The number of aromatic hydroxyl groups is 1. The van der Waals surface area contributed by atoms with Crippen molar-refractivity contribution in [2.45, 2.75) is 88.5 Å². The van der Waals surface area contributed by atoms with Crippen molar-refractivity contribution in [3.05, 3.63) is 58.1 Å². The van der Waals surface area contributed by atoms with Crippen LogP contribution < -0.4 is 4.74 Å². The Bertz CT molecular complexity index is 1260. The second-order valence-corrected chi connectivity index (χ2v) is 12.1. The fraction of sp³-hybridized carbons (Fsp3) is 0.581. The number of carbonyl (C=O) groups excluding carboxylic acids is 1. The van der Waals surface area contributed by atoms with Gasteiger partial charge >= 0.3 is 0 Å². The van der Waals surface area contributed by atoms with Gasteiger partial charge in [-0.25, -0.2) is 0 Å². The van der Waals surface area contributed by atoms with Crippen molar-refractivity contribution in [3.8, 4) is 11.5 Å². The van der Waals surface area contributed by atoms with Crippen molar-refractivity contribution in [1.82, 2.24) is 9.80 Å². The van der Waals surface area contributed by atoms with E-state index in [0.717, 1.165) is 36.9 Å². The Morgan fingerprint density at radius 2 is 2.00 bits per heavy atom. The zero-order valence-electron chi connectivity index (χ0n) is 22.8. The van der Waals surface area contributed by atoms with Crippen molar-refractivity contribution in [3.63, 3.8) is 0 Å². The largest absolute Gasteiger partial charge is 0.504 e. The summed E-state index contributed by atoms with van der Waals surface area (Å²) in [5, 5.41) is 23.6. The van der Waals surface area contributed by atoms with E-state index in [1.807, 2.05) is 18.0 Å². The van der Waals surface area contributed by atoms with Gasteiger partial charge in [0.15, 0.2) is 11.5 Å². The van der Waals surface area contributed by atoms with Gasteiger partial charge in [0.2, 0.25) is 5.91 Å². The number of carbonyl (C=O) groups is 1. The Labute approximate surface area is 220 Å². The molecule has 2 aromatic carbocycles. The first-order chi connectivity index (χ1) is 17.6. The number of nitrogens with zero attached hydrogens (tertiary/aromatic N) is 2. The van der Waals surface area contributed by atoms with Crippen molar-refractivity contribution < 1.29 is 19.7 Å². The van der Waals surface area contributed by atoms with Crippen LogP contribution in [0.25, 0.3) is 0 Å². The number of likely N-dealkylation sites (N-methyl/N-ethyl adjacent to an activating group) is 2. The zero-order valence-corrected chi connectivity index (χ0v) is 22.8. The first-order valence-corrected chi connectivity index (χ1v) is 13.9. The van der Waals surface area contributed by atoms with Gasteiger partial charge in [-0.05, 0) is 87.4 Å². The standard InChI is InChI=1S/C31H40N2O4/c1-6-22-17-23(33(5)26(35)12-9-20-8-7-18(2)19(3)15-20)29-30-13-14-32(4)25(31(22,30)36)16-21-10-11-24(34)28(37-29)27(21)30/h7-8,10-11,15,22-23,25,29,34,36H,6,9,12-14,16-17H2,1-5H3/t22?,23?,25-,29?,30+,31-/m1/s1. The highest BCUT2D eigenvalue weighted by molar-refractivity contribution is 5.77. The van der Waals surface area contributed by atoms with Gasteiger partial charge < -0.3 is 24.7 Å². The van der Waals surface area contributed by atoms with E-state index in [1.165, 1.54) is 16.7 Å². The first-order valence-electron chi connectivity index (χ1n) is 13.9. The second-order valence-electron chi connectivity index (χ2n) is 12.1. The summed E-state index contributed by atoms with van der Waals surface area (Å²) in [4.78, 5) is 17.8. The molecule has 37 heavy (non-hydrogen) atoms. The monoisotopic (exact) mass is 504 g/mol. The first kappa shape index (κ1) is 24.7. The van der Waals surface area contributed by atoms with E-state index >= 15 is 0 Å². The summed E-state index contributed by atoms with van der Waals surface area (Å²) >= 11 is 0. The lowest BCUT2D eigenvalue weighted by Gasteiger charge is -2.67. The van der Waals surface area contributed by atoms with Crippen LogP contribution in [0.5, 0.6) is 11.5 Å². The predicted molar refractivity (Wildman–Crippen MR) is 143 cm³/mol. The number of phenols is 1. The molecule has 1 saturated carbocycles. The molecule has 6 nitrogen and oxygen atoms in total. The van der Waals surface area contributed by atoms with Crippen LogP contribution >= 0.6 is 0 Å². The van der Waals surface area contributed by atoms with Gasteiger partial charge in [0.25, 0.3) is 0 Å². The summed E-state index contributed by atoms with van der Waals surface area (Å²) < 4.78 is 6.66. The molecular formula is C31H40N2O4. The SMILES string of the molecule is CCC1CC(N(C)C(=O)CCc2ccc(C)c(C)c2)C2Oc3c(O)ccc4c3[C@@]23CCN(C)[C@H](C4)[C@]13O. The number of phenolic OH excluding ortho intramolecular Hbond substituents is 1. The normalized spacial score (nSPS) is 33.6. The molecular weight excluding hydrogens is 464 g/mol. The number of likely N-dealkylation sites (tertiary alicyclic amines) is 1. The maximum absolute atomic E-state index is 13.6. The lowest BCUT2D eigenvalue weighted by Crippen LogP contribution is -2.80. The number of hydrogen-bond donors (Lipinski definition) is 2. The minimum absolute atomic E-state index is 0.00738. The highest BCUT2D eigenvalue weighted by Crippen LogP contribution is 2.67. The van der Waals surface area contributed by atoms with Crippen molar-refractivity contribution in [2.75, 3.05) is 20.6 Å². The maximum Gasteiger partial charge on any atom is 0.223 e. The van der Waals surface area contributed by atoms with Gasteiger partial charge in [0.05, 0.1) is 17.1 Å². The van der Waals surface area contributed by atoms with Crippen LogP contribution in [-0.4, -0.2) is 70.3 Å². The maximum atomic E-state index is 13.6. The molecule has 0 radical (unpaired) electrons. The van der Waals surface area contributed by atoms with Crippen molar-refractivity contribution in [2.24, 2.45) is 5.92 Å². The van der Waals surface area contributed by atoms with Crippen LogP contribution in [0.3, 0.4) is 0 Å². The topological polar surface area (TPSA) is 73.2 Å². The molecule has 6 atom stereocenters. The molecule has 1 saturated heterocycles. The summed E-state index contributed by atoms with van der Waals surface area (Å²) in [6.45, 7) is 7.23. The molecule has 2 aliphatic carbocycles. The summed E-state index contributed by atoms with van der Waals surface area (Å²) in [6, 6.07) is 9.98. The molecule has 0 aromatic heterocycles. The predicted octanol–water partition coefficient (Wildman–Crippen LogP) is 3.89. The summed E-state index contributed by atoms with van der Waals surface area (Å²) in [7, 11) is 4.03. The van der Waals surface area contributed by atoms with E-state index in [0.29, 0.717) is 25.0 Å². The van der Waals surface area contributed by atoms with E-state index in [9.17, 15) is 15.0 Å². The molecule has 3 unspecified atom stereocenters. The number of rotatable bonds is 5. The third-order valence-corrected chi connectivity index (χ3v) is 10.5. The quantitative estimate of drug-likeness (QED) is 0.647. The highest BCUT2D eigenvalue weighted by Gasteiger charge is 2.75. The molecule has 2 aromatic rings. The Morgan fingerprint density at radius 3 is 2.73 bits per heavy atom. The van der Waals surface area contributed by atoms with Gasteiger partial charge in [-0.1, -0.05) is 37.6 Å². The summed E-state index contributed by atoms with van der Waals surface area (Å²) in [5.41, 5.74) is 4.26. The fourth-order valence-electron chi connectivity index (χ4n) is 8.37. The highest BCUT2D eigenvalue weighted by atomic mass is 16.5. The third-order valence-electron chi connectivity index (χ3n) is 10.5. The summed E-state index contributed by atoms with van der Waals surface area (Å²) in [5.74, 6) is 0.796. The molecule has 6 rings (SSSR count). The van der Waals surface area contributed by atoms with E-state index in [-0.39, 0.29) is 35.8 Å². The average Bonchev–Trinajstić information content (AvgIpc) is 3.23. The lowest BCUT2D eigenvalue weighted by atomic mass is 9.45. The van der Waals surface area contributed by atoms with Gasteiger partial charge in [0, 0.05) is 25.1 Å². The smallest absolute Gasteiger partial charge is 0.223 e. The number of aryl methyl sites for hydroxylation is 3. The Balaban J connectivity index is 1.37. The van der Waals surface area contributed by atoms with E-state index in [1.54, 1.807) is 6.07 Å². The van der Waals surface area contributed by atoms with Crippen LogP contribution in [-0.2, 0) is 23.1 Å². The van der Waals surface area contributed by atoms with Crippen molar-refractivity contribution in [1.29, 1.82) is 0 Å². The number of amides is 1. The lowest BCUT2D eigenvalue weighted by molar-refractivity contribution is -0.225. The van der Waals surface area contributed by atoms with Gasteiger partial charge in [-0.3, -0.25) is 4.79 Å². The molecule has 198 valence electrons. The molecule has 2 fully saturated rings. The fourth-order valence-corrected chi connectivity index (χ4v) is 8.37. The number of hydrogen-bond acceptors (Lipinski definition) is 5. The average molecular weight is 505 g/mol. The van der Waals surface area contributed by atoms with E-state index in [4.69, 9.17) is 4.74 Å². The summed E-state index contributed by atoms with van der Waals surface area (Å²) in [6.07, 6.45) is 3.79. The molecule has 2 heterocycles. The molecule has 2 bridgehead atoms. The molecule has 2 aliphatic heterocycles. The van der Waals surface area contributed by atoms with Crippen molar-refractivity contribution >= 4 is 5.91 Å². The van der Waals surface area contributed by atoms with Crippen LogP contribution in [0.15, 0.2) is 30.3 Å². The number of ether oxygens (including phenoxy) is 1. The van der Waals surface area contributed by atoms with E-state index in [2.05, 4.69) is 50.9 Å².